The van der Waals surface area contributed by atoms with Crippen molar-refractivity contribution in [3.8, 4) is 6.07 Å². The lowest BCUT2D eigenvalue weighted by Crippen LogP contribution is -1.89. The highest BCUT2D eigenvalue weighted by Crippen LogP contribution is 2.22. The second-order valence-corrected chi connectivity index (χ2v) is 2.89. The van der Waals surface area contributed by atoms with Crippen LogP contribution >= 0.6 is 0 Å². The number of hydrogen-bond donors (Lipinski definition) is 1. The van der Waals surface area contributed by atoms with Crippen LogP contribution in [0.25, 0.3) is 0 Å². The van der Waals surface area contributed by atoms with Crippen LogP contribution in [-0.4, -0.2) is 5.11 Å². The van der Waals surface area contributed by atoms with Gasteiger partial charge < -0.3 is 5.11 Å². The molecular weight excluding hydrogens is 150 g/mol. The number of nitrogens with zero attached hydrogens (tertiary/aromatic N) is 1. The van der Waals surface area contributed by atoms with Crippen LogP contribution in [0.4, 0.5) is 0 Å². The predicted octanol–water partition coefficient (Wildman–Crippen LogP) is 2.62. The van der Waals surface area contributed by atoms with E-state index >= 15 is 0 Å². The summed E-state index contributed by atoms with van der Waals surface area (Å²) in [6.45, 7) is 3.78. The van der Waals surface area contributed by atoms with Gasteiger partial charge in [-0.2, -0.15) is 5.26 Å². The lowest BCUT2D eigenvalue weighted by atomic mass is 10.1. The Kier molecular flexibility index (Phi) is 2.35. The van der Waals surface area contributed by atoms with Gasteiger partial charge in [-0.25, -0.2) is 0 Å². The summed E-state index contributed by atoms with van der Waals surface area (Å²) in [7, 11) is 0. The van der Waals surface area contributed by atoms with E-state index in [1.54, 1.807) is 6.08 Å². The zero-order valence-electron chi connectivity index (χ0n) is 7.26. The average molecular weight is 161 g/mol. The van der Waals surface area contributed by atoms with Crippen molar-refractivity contribution in [2.24, 2.45) is 0 Å². The fourth-order valence-electron chi connectivity index (χ4n) is 1.08. The highest BCUT2D eigenvalue weighted by molar-refractivity contribution is 5.46. The van der Waals surface area contributed by atoms with Crippen molar-refractivity contribution >= 4 is 0 Å². The summed E-state index contributed by atoms with van der Waals surface area (Å²) in [5.41, 5.74) is 2.27. The molecule has 1 aliphatic rings. The third-order valence-corrected chi connectivity index (χ3v) is 2.08. The van der Waals surface area contributed by atoms with Crippen molar-refractivity contribution in [2.75, 3.05) is 0 Å². The first-order valence-corrected chi connectivity index (χ1v) is 3.83. The molecule has 0 saturated carbocycles. The summed E-state index contributed by atoms with van der Waals surface area (Å²) in [5.74, 6) is 0.115. The molecular formula is C10H11NO. The minimum Gasteiger partial charge on any atom is -0.506 e. The van der Waals surface area contributed by atoms with Gasteiger partial charge in [-0.15, -0.1) is 0 Å². The highest BCUT2D eigenvalue weighted by atomic mass is 16.3. The van der Waals surface area contributed by atoms with E-state index in [4.69, 9.17) is 5.26 Å². The Hall–Kier alpha value is -1.49. The number of nitriles is 1. The molecule has 0 aromatic rings. The van der Waals surface area contributed by atoms with E-state index in [0.717, 1.165) is 17.6 Å². The van der Waals surface area contributed by atoms with Crippen molar-refractivity contribution in [2.45, 2.75) is 20.3 Å². The van der Waals surface area contributed by atoms with E-state index in [0.29, 0.717) is 5.57 Å². The SMILES string of the molecule is CC1=C(C)C(O)=C(C#N)C=CC1. The number of aliphatic hydroxyl groups excluding tert-OH is 1. The first-order valence-electron chi connectivity index (χ1n) is 3.83. The van der Waals surface area contributed by atoms with Crippen LogP contribution in [0.1, 0.15) is 20.3 Å². The Morgan fingerprint density at radius 2 is 2.17 bits per heavy atom. The van der Waals surface area contributed by atoms with Crippen molar-refractivity contribution in [3.05, 3.63) is 34.6 Å². The lowest BCUT2D eigenvalue weighted by Gasteiger charge is -2.02. The predicted molar refractivity (Wildman–Crippen MR) is 47.4 cm³/mol. The Morgan fingerprint density at radius 3 is 2.75 bits per heavy atom. The molecule has 0 bridgehead atoms. The monoisotopic (exact) mass is 161 g/mol. The van der Waals surface area contributed by atoms with Gasteiger partial charge in [-0.05, 0) is 31.9 Å². The zero-order valence-corrected chi connectivity index (χ0v) is 7.26. The molecule has 2 heteroatoms. The maximum absolute atomic E-state index is 9.54. The van der Waals surface area contributed by atoms with E-state index in [1.165, 1.54) is 0 Å². The molecule has 0 spiro atoms. The molecule has 0 aromatic heterocycles. The molecule has 0 saturated heterocycles. The van der Waals surface area contributed by atoms with Crippen LogP contribution < -0.4 is 0 Å². The first-order chi connectivity index (χ1) is 5.66. The molecule has 12 heavy (non-hydrogen) atoms. The van der Waals surface area contributed by atoms with Crippen LogP contribution in [-0.2, 0) is 0 Å². The van der Waals surface area contributed by atoms with Crippen molar-refractivity contribution in [1.29, 1.82) is 5.26 Å². The van der Waals surface area contributed by atoms with Gasteiger partial charge in [0.05, 0.1) is 5.57 Å². The maximum atomic E-state index is 9.54. The van der Waals surface area contributed by atoms with Gasteiger partial charge in [0, 0.05) is 0 Å². The molecule has 62 valence electrons. The Morgan fingerprint density at radius 1 is 1.50 bits per heavy atom. The van der Waals surface area contributed by atoms with Crippen LogP contribution in [0.3, 0.4) is 0 Å². The van der Waals surface area contributed by atoms with Crippen LogP contribution in [0.5, 0.6) is 0 Å². The molecule has 0 atom stereocenters. The largest absolute Gasteiger partial charge is 0.506 e. The van der Waals surface area contributed by atoms with Gasteiger partial charge in [-0.1, -0.05) is 11.6 Å². The zero-order chi connectivity index (χ0) is 9.14. The molecule has 0 aromatic carbocycles. The molecule has 0 amide bonds. The smallest absolute Gasteiger partial charge is 0.136 e. The summed E-state index contributed by atoms with van der Waals surface area (Å²) >= 11 is 0. The van der Waals surface area contributed by atoms with E-state index in [-0.39, 0.29) is 5.76 Å². The third kappa shape index (κ3) is 1.40. The fourth-order valence-corrected chi connectivity index (χ4v) is 1.08. The molecule has 0 unspecified atom stereocenters. The summed E-state index contributed by atoms with van der Waals surface area (Å²) in [4.78, 5) is 0. The van der Waals surface area contributed by atoms with E-state index < -0.39 is 0 Å². The Labute approximate surface area is 72.1 Å². The Bertz CT molecular complexity index is 326. The number of aliphatic hydroxyl groups is 1. The number of hydrogen-bond acceptors (Lipinski definition) is 2. The normalized spacial score (nSPS) is 17.8. The summed E-state index contributed by atoms with van der Waals surface area (Å²) in [6, 6.07) is 1.95. The van der Waals surface area contributed by atoms with E-state index in [1.807, 2.05) is 26.0 Å². The van der Waals surface area contributed by atoms with Gasteiger partial charge in [0.15, 0.2) is 0 Å². The molecule has 0 radical (unpaired) electrons. The van der Waals surface area contributed by atoms with Crippen LogP contribution in [0.2, 0.25) is 0 Å². The van der Waals surface area contributed by atoms with Gasteiger partial charge in [0.2, 0.25) is 0 Å². The first kappa shape index (κ1) is 8.61. The summed E-state index contributed by atoms with van der Waals surface area (Å²) in [6.07, 6.45) is 4.36. The molecule has 1 rings (SSSR count). The van der Waals surface area contributed by atoms with Crippen molar-refractivity contribution < 1.29 is 5.11 Å². The lowest BCUT2D eigenvalue weighted by molar-refractivity contribution is 0.419. The summed E-state index contributed by atoms with van der Waals surface area (Å²) < 4.78 is 0. The molecule has 1 N–H and O–H groups in total. The molecule has 0 heterocycles. The standard InChI is InChI=1S/C10H11NO/c1-7-4-3-5-9(6-11)10(12)8(7)2/h3,5,12H,4H2,1-2H3. The van der Waals surface area contributed by atoms with E-state index in [9.17, 15) is 5.11 Å². The van der Waals surface area contributed by atoms with Crippen LogP contribution in [0.15, 0.2) is 34.6 Å². The molecule has 0 fully saturated rings. The van der Waals surface area contributed by atoms with Crippen LogP contribution in [0, 0.1) is 11.3 Å². The average Bonchev–Trinajstić information content (AvgIpc) is 2.19. The van der Waals surface area contributed by atoms with Gasteiger partial charge in [0.25, 0.3) is 0 Å². The van der Waals surface area contributed by atoms with Crippen molar-refractivity contribution in [3.63, 3.8) is 0 Å². The minimum atomic E-state index is 0.115. The number of allylic oxidation sites excluding steroid dienone is 5. The number of rotatable bonds is 0. The van der Waals surface area contributed by atoms with E-state index in [2.05, 4.69) is 0 Å². The van der Waals surface area contributed by atoms with Gasteiger partial charge >= 0.3 is 0 Å². The molecule has 0 aliphatic heterocycles. The Balaban J connectivity index is 3.24. The second-order valence-electron chi connectivity index (χ2n) is 2.89. The topological polar surface area (TPSA) is 44.0 Å². The van der Waals surface area contributed by atoms with Gasteiger partial charge in [0.1, 0.15) is 11.8 Å². The fraction of sp³-hybridized carbons (Fsp3) is 0.300. The van der Waals surface area contributed by atoms with Crippen molar-refractivity contribution in [1.82, 2.24) is 0 Å². The second kappa shape index (κ2) is 3.27. The maximum Gasteiger partial charge on any atom is 0.136 e. The quantitative estimate of drug-likeness (QED) is 0.593. The third-order valence-electron chi connectivity index (χ3n) is 2.08. The summed E-state index contributed by atoms with van der Waals surface area (Å²) in [5, 5.41) is 18.2. The highest BCUT2D eigenvalue weighted by Gasteiger charge is 2.09. The van der Waals surface area contributed by atoms with Gasteiger partial charge in [-0.3, -0.25) is 0 Å². The minimum absolute atomic E-state index is 0.115. The molecule has 2 nitrogen and oxygen atoms in total. The molecule has 1 aliphatic carbocycles.